The third-order valence-electron chi connectivity index (χ3n) is 8.08. The number of anilines is 5. The fourth-order valence-electron chi connectivity index (χ4n) is 5.69. The summed E-state index contributed by atoms with van der Waals surface area (Å²) in [6, 6.07) is 20.1. The Labute approximate surface area is 262 Å². The molecule has 0 bridgehead atoms. The molecular formula is C34H36FN7O3. The maximum atomic E-state index is 13.9. The molecule has 0 spiro atoms. The molecule has 1 atom stereocenters. The molecule has 2 saturated heterocycles. The number of benzene rings is 3. The number of piperazine rings is 1. The zero-order chi connectivity index (χ0) is 31.3. The fraction of sp³-hybridized carbons (Fsp3) is 0.265. The van der Waals surface area contributed by atoms with Gasteiger partial charge in [-0.05, 0) is 54.1 Å². The number of hydrogen-bond acceptors (Lipinski definition) is 9. The number of ether oxygens (including phenoxy) is 1. The topological polar surface area (TPSA) is 95.1 Å². The number of nitrogens with one attached hydrogen (secondary N) is 2. The molecular weight excluding hydrogens is 573 g/mol. The van der Waals surface area contributed by atoms with Crippen LogP contribution in [-0.2, 0) is 9.63 Å². The van der Waals surface area contributed by atoms with Gasteiger partial charge >= 0.3 is 0 Å². The van der Waals surface area contributed by atoms with Crippen LogP contribution in [0.3, 0.4) is 0 Å². The highest BCUT2D eigenvalue weighted by molar-refractivity contribution is 6.02. The summed E-state index contributed by atoms with van der Waals surface area (Å²) in [5.74, 6) is 1.13. The first kappa shape index (κ1) is 30.0. The van der Waals surface area contributed by atoms with Gasteiger partial charge in [-0.25, -0.2) is 19.4 Å². The molecule has 3 heterocycles. The number of amides is 1. The van der Waals surface area contributed by atoms with E-state index in [0.717, 1.165) is 55.0 Å². The lowest BCUT2D eigenvalue weighted by atomic mass is 9.98. The molecule has 1 amide bonds. The Balaban J connectivity index is 1.27. The summed E-state index contributed by atoms with van der Waals surface area (Å²) in [6.07, 6.45) is 3.49. The molecule has 2 aliphatic heterocycles. The maximum Gasteiger partial charge on any atom is 0.247 e. The predicted molar refractivity (Wildman–Crippen MR) is 174 cm³/mol. The highest BCUT2D eigenvalue weighted by Crippen LogP contribution is 2.40. The van der Waals surface area contributed by atoms with E-state index < -0.39 is 0 Å². The molecule has 11 heteroatoms. The van der Waals surface area contributed by atoms with Crippen molar-refractivity contribution < 1.29 is 18.8 Å². The third kappa shape index (κ3) is 6.74. The van der Waals surface area contributed by atoms with Crippen LogP contribution in [0.1, 0.15) is 18.0 Å². The van der Waals surface area contributed by atoms with Gasteiger partial charge in [0.05, 0.1) is 36.8 Å². The van der Waals surface area contributed by atoms with Crippen molar-refractivity contribution in [2.24, 2.45) is 0 Å². The molecule has 1 aromatic heterocycles. The van der Waals surface area contributed by atoms with Crippen molar-refractivity contribution >= 4 is 34.6 Å². The number of carbonyl (C=O) groups excluding carboxylic acids is 1. The molecule has 4 aromatic rings. The predicted octanol–water partition coefficient (Wildman–Crippen LogP) is 5.79. The van der Waals surface area contributed by atoms with Crippen molar-refractivity contribution in [1.29, 1.82) is 0 Å². The van der Waals surface area contributed by atoms with Crippen molar-refractivity contribution in [3.8, 4) is 16.9 Å². The quantitative estimate of drug-likeness (QED) is 0.229. The zero-order valence-electron chi connectivity index (χ0n) is 25.4. The van der Waals surface area contributed by atoms with E-state index in [1.807, 2.05) is 42.5 Å². The second-order valence-electron chi connectivity index (χ2n) is 11.0. The number of aromatic nitrogens is 2. The monoisotopic (exact) mass is 609 g/mol. The van der Waals surface area contributed by atoms with Crippen molar-refractivity contribution in [3.63, 3.8) is 0 Å². The summed E-state index contributed by atoms with van der Waals surface area (Å²) in [7, 11) is 3.71. The Hall–Kier alpha value is -5.00. The third-order valence-corrected chi connectivity index (χ3v) is 8.08. The summed E-state index contributed by atoms with van der Waals surface area (Å²) in [6.45, 7) is 7.60. The van der Waals surface area contributed by atoms with Crippen LogP contribution in [0, 0.1) is 5.82 Å². The van der Waals surface area contributed by atoms with Gasteiger partial charge in [0.1, 0.15) is 23.7 Å². The second kappa shape index (κ2) is 13.3. The SMILES string of the molecule is C=CC(=O)Nc1cc(Nc2cc(N3OCC[C@@H]3c3cccc(-c4cccc(F)c4)c3)ncn2)c(OC)cc1N1CCN(C)CC1. The van der Waals surface area contributed by atoms with E-state index in [0.29, 0.717) is 35.4 Å². The van der Waals surface area contributed by atoms with E-state index in [1.54, 1.807) is 18.2 Å². The molecule has 6 rings (SSSR count). The van der Waals surface area contributed by atoms with Gasteiger partial charge in [-0.2, -0.15) is 0 Å². The van der Waals surface area contributed by atoms with Gasteiger partial charge in [0, 0.05) is 44.7 Å². The van der Waals surface area contributed by atoms with E-state index >= 15 is 0 Å². The average molecular weight is 610 g/mol. The number of hydrogen-bond donors (Lipinski definition) is 2. The minimum absolute atomic E-state index is 0.0978. The Morgan fingerprint density at radius 2 is 1.80 bits per heavy atom. The molecule has 0 radical (unpaired) electrons. The van der Waals surface area contributed by atoms with Gasteiger partial charge in [0.2, 0.25) is 5.91 Å². The summed E-state index contributed by atoms with van der Waals surface area (Å²) in [5.41, 5.74) is 4.91. The van der Waals surface area contributed by atoms with Crippen LogP contribution in [0.4, 0.5) is 33.1 Å². The Kier molecular flexibility index (Phi) is 8.90. The minimum atomic E-state index is -0.301. The number of carbonyl (C=O) groups is 1. The zero-order valence-corrected chi connectivity index (χ0v) is 25.4. The first-order chi connectivity index (χ1) is 21.9. The maximum absolute atomic E-state index is 13.9. The van der Waals surface area contributed by atoms with Crippen molar-refractivity contribution in [2.45, 2.75) is 12.5 Å². The molecule has 10 nitrogen and oxygen atoms in total. The lowest BCUT2D eigenvalue weighted by Crippen LogP contribution is -2.44. The summed E-state index contributed by atoms with van der Waals surface area (Å²) in [4.78, 5) is 31.9. The highest BCUT2D eigenvalue weighted by Gasteiger charge is 2.30. The van der Waals surface area contributed by atoms with Crippen LogP contribution in [0.2, 0.25) is 0 Å². The summed E-state index contributed by atoms with van der Waals surface area (Å²) >= 11 is 0. The average Bonchev–Trinajstić information content (AvgIpc) is 3.56. The molecule has 2 fully saturated rings. The van der Waals surface area contributed by atoms with Crippen molar-refractivity contribution in [2.75, 3.05) is 67.5 Å². The largest absolute Gasteiger partial charge is 0.494 e. The van der Waals surface area contributed by atoms with Crippen LogP contribution in [0.15, 0.2) is 85.7 Å². The number of likely N-dealkylation sites (N-methyl/N-ethyl adjacent to an activating group) is 1. The van der Waals surface area contributed by atoms with E-state index in [-0.39, 0.29) is 17.8 Å². The number of methoxy groups -OCH3 is 1. The smallest absolute Gasteiger partial charge is 0.247 e. The van der Waals surface area contributed by atoms with Gasteiger partial charge in [0.15, 0.2) is 5.82 Å². The first-order valence-electron chi connectivity index (χ1n) is 14.9. The van der Waals surface area contributed by atoms with Crippen molar-refractivity contribution in [3.05, 3.63) is 97.1 Å². The number of rotatable bonds is 9. The summed E-state index contributed by atoms with van der Waals surface area (Å²) in [5, 5.41) is 8.10. The lowest BCUT2D eigenvalue weighted by Gasteiger charge is -2.35. The van der Waals surface area contributed by atoms with E-state index in [4.69, 9.17) is 9.57 Å². The Bertz CT molecular complexity index is 1690. The van der Waals surface area contributed by atoms with Gasteiger partial charge < -0.3 is 25.2 Å². The van der Waals surface area contributed by atoms with Crippen LogP contribution in [-0.4, -0.2) is 67.7 Å². The standard InChI is InChI=1S/C34H36FN7O3/c1-4-34(43)39-27-19-28(31(44-3)20-30(27)41-14-12-40(2)13-15-41)38-32-21-33(37-22-36-32)42-29(11-16-45-42)25-9-5-7-23(17-25)24-8-6-10-26(35)18-24/h4-10,17-22,29H,1,11-16H2,2-3H3,(H,39,43)(H,36,37,38)/t29-/m1/s1. The number of hydroxylamine groups is 1. The Morgan fingerprint density at radius 3 is 2.56 bits per heavy atom. The van der Waals surface area contributed by atoms with Crippen LogP contribution < -0.4 is 25.3 Å². The van der Waals surface area contributed by atoms with Gasteiger partial charge in [-0.15, -0.1) is 0 Å². The second-order valence-corrected chi connectivity index (χ2v) is 11.0. The Morgan fingerprint density at radius 1 is 1.02 bits per heavy atom. The normalized spacial score (nSPS) is 16.8. The van der Waals surface area contributed by atoms with Crippen LogP contribution >= 0.6 is 0 Å². The molecule has 0 saturated carbocycles. The molecule has 0 unspecified atom stereocenters. The van der Waals surface area contributed by atoms with Crippen LogP contribution in [0.25, 0.3) is 11.1 Å². The van der Waals surface area contributed by atoms with Gasteiger partial charge in [0.25, 0.3) is 0 Å². The molecule has 0 aliphatic carbocycles. The molecule has 2 N–H and O–H groups in total. The first-order valence-corrected chi connectivity index (χ1v) is 14.9. The summed E-state index contributed by atoms with van der Waals surface area (Å²) < 4.78 is 19.7. The van der Waals surface area contributed by atoms with Gasteiger partial charge in [-0.3, -0.25) is 9.63 Å². The minimum Gasteiger partial charge on any atom is -0.494 e. The highest BCUT2D eigenvalue weighted by atomic mass is 19.1. The van der Waals surface area contributed by atoms with Gasteiger partial charge in [-0.1, -0.05) is 36.9 Å². The van der Waals surface area contributed by atoms with E-state index in [2.05, 4.69) is 50.1 Å². The molecule has 3 aromatic carbocycles. The van der Waals surface area contributed by atoms with E-state index in [9.17, 15) is 9.18 Å². The fourth-order valence-corrected chi connectivity index (χ4v) is 5.69. The van der Waals surface area contributed by atoms with Crippen LogP contribution in [0.5, 0.6) is 5.75 Å². The molecule has 232 valence electrons. The molecule has 2 aliphatic rings. The number of halogens is 1. The van der Waals surface area contributed by atoms with E-state index in [1.165, 1.54) is 24.5 Å². The lowest BCUT2D eigenvalue weighted by molar-refractivity contribution is -0.111. The number of nitrogens with zero attached hydrogens (tertiary/aromatic N) is 5. The van der Waals surface area contributed by atoms with Crippen molar-refractivity contribution in [1.82, 2.24) is 14.9 Å². The molecule has 45 heavy (non-hydrogen) atoms.